The van der Waals surface area contributed by atoms with E-state index >= 15 is 0 Å². The van der Waals surface area contributed by atoms with E-state index in [9.17, 15) is 9.59 Å². The Morgan fingerprint density at radius 2 is 2.12 bits per heavy atom. The molecule has 1 unspecified atom stereocenters. The highest BCUT2D eigenvalue weighted by Gasteiger charge is 2.31. The molecule has 4 nitrogen and oxygen atoms in total. The standard InChI is InChI=1S/C12H20N2O2/c1-2-13-6-3-4-10(9-13)14-7-5-11(15)8-12(14)16/h10H,2-9H2,1H3. The van der Waals surface area contributed by atoms with Crippen LogP contribution in [-0.2, 0) is 9.59 Å². The average molecular weight is 224 g/mol. The van der Waals surface area contributed by atoms with Crippen LogP contribution in [0.15, 0.2) is 0 Å². The Bertz CT molecular complexity index is 291. The van der Waals surface area contributed by atoms with Crippen molar-refractivity contribution in [2.45, 2.75) is 38.6 Å². The third-order valence-corrected chi connectivity index (χ3v) is 3.67. The number of nitrogens with zero attached hydrogens (tertiary/aromatic N) is 2. The Morgan fingerprint density at radius 1 is 1.31 bits per heavy atom. The summed E-state index contributed by atoms with van der Waals surface area (Å²) < 4.78 is 0. The molecule has 0 saturated carbocycles. The largest absolute Gasteiger partial charge is 0.338 e. The lowest BCUT2D eigenvalue weighted by atomic mass is 10.00. The summed E-state index contributed by atoms with van der Waals surface area (Å²) in [6, 6.07) is 0.342. The van der Waals surface area contributed by atoms with E-state index < -0.39 is 0 Å². The molecule has 2 saturated heterocycles. The normalized spacial score (nSPS) is 28.6. The van der Waals surface area contributed by atoms with Crippen LogP contribution in [0.25, 0.3) is 0 Å². The van der Waals surface area contributed by atoms with Gasteiger partial charge in [-0.1, -0.05) is 6.92 Å². The molecule has 2 aliphatic rings. The Hall–Kier alpha value is -0.900. The molecule has 2 rings (SSSR count). The van der Waals surface area contributed by atoms with Gasteiger partial charge >= 0.3 is 0 Å². The van der Waals surface area contributed by atoms with Gasteiger partial charge in [0.15, 0.2) is 0 Å². The smallest absolute Gasteiger partial charge is 0.230 e. The second kappa shape index (κ2) is 4.95. The van der Waals surface area contributed by atoms with Gasteiger partial charge in [0, 0.05) is 25.6 Å². The van der Waals surface area contributed by atoms with Crippen LogP contribution in [0.3, 0.4) is 0 Å². The number of ketones is 1. The highest BCUT2D eigenvalue weighted by atomic mass is 16.2. The van der Waals surface area contributed by atoms with Crippen molar-refractivity contribution < 1.29 is 9.59 Å². The summed E-state index contributed by atoms with van der Waals surface area (Å²) in [5.74, 6) is 0.142. The summed E-state index contributed by atoms with van der Waals surface area (Å²) in [5, 5.41) is 0. The first-order chi connectivity index (χ1) is 7.70. The van der Waals surface area contributed by atoms with Gasteiger partial charge in [0.1, 0.15) is 5.78 Å². The number of likely N-dealkylation sites (N-methyl/N-ethyl adjacent to an activating group) is 1. The maximum absolute atomic E-state index is 11.8. The molecule has 16 heavy (non-hydrogen) atoms. The zero-order chi connectivity index (χ0) is 11.5. The van der Waals surface area contributed by atoms with Crippen LogP contribution in [0, 0.1) is 0 Å². The minimum atomic E-state index is 0.0409. The van der Waals surface area contributed by atoms with Crippen molar-refractivity contribution >= 4 is 11.7 Å². The predicted octanol–water partition coefficient (Wildman–Crippen LogP) is 0.662. The molecule has 1 atom stereocenters. The van der Waals surface area contributed by atoms with E-state index in [1.807, 2.05) is 4.90 Å². The number of carbonyl (C=O) groups is 2. The molecule has 2 fully saturated rings. The molecule has 0 spiro atoms. The van der Waals surface area contributed by atoms with Gasteiger partial charge in [0.05, 0.1) is 6.42 Å². The van der Waals surface area contributed by atoms with Crippen molar-refractivity contribution in [2.75, 3.05) is 26.2 Å². The van der Waals surface area contributed by atoms with Crippen molar-refractivity contribution in [2.24, 2.45) is 0 Å². The number of rotatable bonds is 2. The molecular formula is C12H20N2O2. The van der Waals surface area contributed by atoms with Crippen LogP contribution in [0.4, 0.5) is 0 Å². The predicted molar refractivity (Wildman–Crippen MR) is 61.1 cm³/mol. The van der Waals surface area contributed by atoms with Gasteiger partial charge in [-0.2, -0.15) is 0 Å². The monoisotopic (exact) mass is 224 g/mol. The summed E-state index contributed by atoms with van der Waals surface area (Å²) in [4.78, 5) is 27.3. The Kier molecular flexibility index (Phi) is 3.59. The van der Waals surface area contributed by atoms with E-state index in [1.165, 1.54) is 0 Å². The Balaban J connectivity index is 1.96. The highest BCUT2D eigenvalue weighted by molar-refractivity contribution is 6.00. The summed E-state index contributed by atoms with van der Waals surface area (Å²) in [6.45, 7) is 5.98. The van der Waals surface area contributed by atoms with E-state index in [1.54, 1.807) is 0 Å². The molecule has 0 N–H and O–H groups in total. The molecule has 2 aliphatic heterocycles. The summed E-state index contributed by atoms with van der Waals surface area (Å²) >= 11 is 0. The van der Waals surface area contributed by atoms with Crippen molar-refractivity contribution in [3.63, 3.8) is 0 Å². The number of carbonyl (C=O) groups excluding carboxylic acids is 2. The summed E-state index contributed by atoms with van der Waals surface area (Å²) in [6.07, 6.45) is 2.93. The van der Waals surface area contributed by atoms with Crippen molar-refractivity contribution in [3.05, 3.63) is 0 Å². The third kappa shape index (κ3) is 2.43. The van der Waals surface area contributed by atoms with Crippen LogP contribution >= 0.6 is 0 Å². The molecule has 1 amide bonds. The van der Waals surface area contributed by atoms with E-state index in [0.717, 1.165) is 32.5 Å². The molecule has 4 heteroatoms. The minimum absolute atomic E-state index is 0.0409. The first-order valence-electron chi connectivity index (χ1n) is 6.24. The number of Topliss-reactive ketones (excluding diaryl/α,β-unsaturated/α-hetero) is 1. The topological polar surface area (TPSA) is 40.6 Å². The molecule has 0 radical (unpaired) electrons. The lowest BCUT2D eigenvalue weighted by Crippen LogP contribution is -2.52. The maximum atomic E-state index is 11.8. The van der Waals surface area contributed by atoms with Crippen molar-refractivity contribution in [1.29, 1.82) is 0 Å². The van der Waals surface area contributed by atoms with Gasteiger partial charge in [-0.25, -0.2) is 0 Å². The zero-order valence-corrected chi connectivity index (χ0v) is 9.95. The molecule has 90 valence electrons. The molecule has 0 aromatic heterocycles. The number of amides is 1. The highest BCUT2D eigenvalue weighted by Crippen LogP contribution is 2.19. The van der Waals surface area contributed by atoms with E-state index in [-0.39, 0.29) is 18.1 Å². The fraction of sp³-hybridized carbons (Fsp3) is 0.833. The van der Waals surface area contributed by atoms with Gasteiger partial charge in [-0.05, 0) is 25.9 Å². The third-order valence-electron chi connectivity index (χ3n) is 3.67. The number of piperidine rings is 2. The SMILES string of the molecule is CCN1CCCC(N2CCC(=O)CC2=O)C1. The fourth-order valence-corrected chi connectivity index (χ4v) is 2.69. The van der Waals surface area contributed by atoms with Gasteiger partial charge in [-0.3, -0.25) is 9.59 Å². The second-order valence-electron chi connectivity index (χ2n) is 4.74. The minimum Gasteiger partial charge on any atom is -0.338 e. The van der Waals surface area contributed by atoms with Gasteiger partial charge in [0.25, 0.3) is 0 Å². The maximum Gasteiger partial charge on any atom is 0.230 e. The first-order valence-corrected chi connectivity index (χ1v) is 6.24. The average Bonchev–Trinajstić information content (AvgIpc) is 2.29. The van der Waals surface area contributed by atoms with E-state index in [4.69, 9.17) is 0 Å². The lowest BCUT2D eigenvalue weighted by Gasteiger charge is -2.40. The quantitative estimate of drug-likeness (QED) is 0.647. The van der Waals surface area contributed by atoms with Crippen molar-refractivity contribution in [1.82, 2.24) is 9.80 Å². The molecule has 0 aromatic rings. The van der Waals surface area contributed by atoms with Crippen LogP contribution in [-0.4, -0.2) is 53.7 Å². The lowest BCUT2D eigenvalue weighted by molar-refractivity contribution is -0.142. The Labute approximate surface area is 96.6 Å². The summed E-state index contributed by atoms with van der Waals surface area (Å²) in [7, 11) is 0. The number of likely N-dealkylation sites (tertiary alicyclic amines) is 2. The van der Waals surface area contributed by atoms with Gasteiger partial charge in [-0.15, -0.1) is 0 Å². The van der Waals surface area contributed by atoms with Gasteiger partial charge in [0.2, 0.25) is 5.91 Å². The fourth-order valence-electron chi connectivity index (χ4n) is 2.69. The van der Waals surface area contributed by atoms with Crippen LogP contribution in [0.1, 0.15) is 32.6 Å². The van der Waals surface area contributed by atoms with Crippen LogP contribution in [0.5, 0.6) is 0 Å². The van der Waals surface area contributed by atoms with Gasteiger partial charge < -0.3 is 9.80 Å². The molecular weight excluding hydrogens is 204 g/mol. The molecule has 0 aromatic carbocycles. The van der Waals surface area contributed by atoms with Crippen LogP contribution in [0.2, 0.25) is 0 Å². The van der Waals surface area contributed by atoms with E-state index in [2.05, 4.69) is 11.8 Å². The molecule has 0 aliphatic carbocycles. The molecule has 2 heterocycles. The summed E-state index contributed by atoms with van der Waals surface area (Å²) in [5.41, 5.74) is 0. The number of hydrogen-bond acceptors (Lipinski definition) is 3. The second-order valence-corrected chi connectivity index (χ2v) is 4.74. The van der Waals surface area contributed by atoms with Crippen molar-refractivity contribution in [3.8, 4) is 0 Å². The van der Waals surface area contributed by atoms with E-state index in [0.29, 0.717) is 19.0 Å². The zero-order valence-electron chi connectivity index (χ0n) is 9.95. The molecule has 0 bridgehead atoms. The Morgan fingerprint density at radius 3 is 2.81 bits per heavy atom. The number of hydrogen-bond donors (Lipinski definition) is 0. The van der Waals surface area contributed by atoms with Crippen LogP contribution < -0.4 is 0 Å². The first kappa shape index (κ1) is 11.6.